The van der Waals surface area contributed by atoms with Gasteiger partial charge in [0, 0.05) is 5.56 Å². The van der Waals surface area contributed by atoms with E-state index in [2.05, 4.69) is 52.8 Å². The molecule has 0 radical (unpaired) electrons. The average molecular weight is 377 g/mol. The molecule has 2 aromatic carbocycles. The summed E-state index contributed by atoms with van der Waals surface area (Å²) in [6.07, 6.45) is 7.31. The van der Waals surface area contributed by atoms with Crippen LogP contribution < -0.4 is 0 Å². The lowest BCUT2D eigenvalue weighted by molar-refractivity contribution is 0.278. The second-order valence-electron chi connectivity index (χ2n) is 9.78. The molecule has 2 N–H and O–H groups in total. The van der Waals surface area contributed by atoms with E-state index in [1.54, 1.807) is 12.1 Å². The van der Waals surface area contributed by atoms with Gasteiger partial charge in [0.25, 0.3) is 0 Å². The molecule has 0 bridgehead atoms. The predicted octanol–water partition coefficient (Wildman–Crippen LogP) is 7.07. The second kappa shape index (κ2) is 7.50. The molecule has 28 heavy (non-hydrogen) atoms. The quantitative estimate of drug-likeness (QED) is 0.599. The molecule has 148 valence electrons. The van der Waals surface area contributed by atoms with E-state index in [-0.39, 0.29) is 10.8 Å². The van der Waals surface area contributed by atoms with Crippen LogP contribution in [0.25, 0.3) is 11.1 Å². The van der Waals surface area contributed by atoms with Crippen LogP contribution in [0.3, 0.4) is 0 Å². The van der Waals surface area contributed by atoms with Gasteiger partial charge in [0.15, 0.2) is 0 Å². The van der Waals surface area contributed by atoms with Crippen LogP contribution in [0.15, 0.2) is 54.6 Å². The maximum absolute atomic E-state index is 10.5. The number of hydrogen-bond donors (Lipinski definition) is 2. The van der Waals surface area contributed by atoms with Gasteiger partial charge in [-0.05, 0) is 76.6 Å². The molecule has 2 aromatic rings. The number of hydrogen-bond acceptors (Lipinski definition) is 2. The molecular formula is C26H32O2. The van der Waals surface area contributed by atoms with Gasteiger partial charge in [0.05, 0.1) is 0 Å². The summed E-state index contributed by atoms with van der Waals surface area (Å²) in [4.78, 5) is 0. The molecule has 2 nitrogen and oxygen atoms in total. The third kappa shape index (κ3) is 4.67. The van der Waals surface area contributed by atoms with Crippen molar-refractivity contribution in [3.63, 3.8) is 0 Å². The maximum Gasteiger partial charge on any atom is 0.119 e. The van der Waals surface area contributed by atoms with Gasteiger partial charge in [0.1, 0.15) is 11.5 Å². The molecule has 0 fully saturated rings. The van der Waals surface area contributed by atoms with Crippen LogP contribution in [-0.2, 0) is 5.41 Å². The molecule has 0 aromatic heterocycles. The van der Waals surface area contributed by atoms with Gasteiger partial charge in [-0.1, -0.05) is 65.0 Å². The molecule has 0 heterocycles. The zero-order valence-electron chi connectivity index (χ0n) is 17.7. The first kappa shape index (κ1) is 20.3. The summed E-state index contributed by atoms with van der Waals surface area (Å²) in [5.74, 6) is 0.681. The van der Waals surface area contributed by atoms with Crippen molar-refractivity contribution in [2.24, 2.45) is 5.41 Å². The Morgan fingerprint density at radius 1 is 0.750 bits per heavy atom. The zero-order chi connectivity index (χ0) is 20.5. The number of allylic oxidation sites excluding steroid dienone is 4. The van der Waals surface area contributed by atoms with Crippen molar-refractivity contribution in [2.75, 3.05) is 0 Å². The van der Waals surface area contributed by atoms with E-state index >= 15 is 0 Å². The van der Waals surface area contributed by atoms with Gasteiger partial charge in [-0.25, -0.2) is 0 Å². The molecule has 1 aliphatic rings. The third-order valence-corrected chi connectivity index (χ3v) is 5.46. The topological polar surface area (TPSA) is 40.5 Å². The minimum Gasteiger partial charge on any atom is -0.508 e. The second-order valence-corrected chi connectivity index (χ2v) is 9.78. The van der Waals surface area contributed by atoms with E-state index in [0.717, 1.165) is 30.4 Å². The Kier molecular flexibility index (Phi) is 5.43. The Morgan fingerprint density at radius 2 is 1.29 bits per heavy atom. The van der Waals surface area contributed by atoms with Crippen LogP contribution in [0.1, 0.15) is 70.6 Å². The van der Waals surface area contributed by atoms with Gasteiger partial charge in [-0.3, -0.25) is 0 Å². The number of benzene rings is 2. The van der Waals surface area contributed by atoms with E-state index in [4.69, 9.17) is 0 Å². The van der Waals surface area contributed by atoms with Gasteiger partial charge in [-0.2, -0.15) is 0 Å². The summed E-state index contributed by atoms with van der Waals surface area (Å²) in [7, 11) is 0. The minimum absolute atomic E-state index is 0.0966. The summed E-state index contributed by atoms with van der Waals surface area (Å²) in [6.45, 7) is 11.2. The Labute approximate surface area is 169 Å². The SMILES string of the molecule is CC(C)(C)CC(C)(C)c1cc(C2=CC=C(c3ccc(O)cc3)CC2)ccc1O. The van der Waals surface area contributed by atoms with Crippen molar-refractivity contribution in [1.82, 2.24) is 0 Å². The minimum atomic E-state index is -0.0966. The number of aromatic hydroxyl groups is 2. The molecule has 0 amide bonds. The highest BCUT2D eigenvalue weighted by Crippen LogP contribution is 2.42. The first-order valence-corrected chi connectivity index (χ1v) is 10.1. The molecule has 3 rings (SSSR count). The van der Waals surface area contributed by atoms with Gasteiger partial charge >= 0.3 is 0 Å². The standard InChI is InChI=1S/C26H32O2/c1-25(2,3)17-26(4,5)23-16-21(12-15-24(23)28)20-8-6-18(7-9-20)19-10-13-22(27)14-11-19/h6,8,10-16,27-28H,7,9,17H2,1-5H3. The highest BCUT2D eigenvalue weighted by Gasteiger charge is 2.30. The van der Waals surface area contributed by atoms with E-state index in [1.807, 2.05) is 24.3 Å². The van der Waals surface area contributed by atoms with Crippen molar-refractivity contribution >= 4 is 11.1 Å². The average Bonchev–Trinajstić information content (AvgIpc) is 2.61. The van der Waals surface area contributed by atoms with Crippen LogP contribution in [0, 0.1) is 5.41 Å². The van der Waals surface area contributed by atoms with Crippen LogP contribution in [0.5, 0.6) is 11.5 Å². The Bertz CT molecular complexity index is 906. The lowest BCUT2D eigenvalue weighted by atomic mass is 9.71. The van der Waals surface area contributed by atoms with E-state index in [9.17, 15) is 10.2 Å². The van der Waals surface area contributed by atoms with Crippen molar-refractivity contribution in [1.29, 1.82) is 0 Å². The summed E-state index contributed by atoms with van der Waals surface area (Å²) in [5.41, 5.74) is 6.06. The zero-order valence-corrected chi connectivity index (χ0v) is 17.7. The molecule has 0 unspecified atom stereocenters. The normalized spacial score (nSPS) is 15.2. The fourth-order valence-corrected chi connectivity index (χ4v) is 4.49. The van der Waals surface area contributed by atoms with E-state index < -0.39 is 0 Å². The van der Waals surface area contributed by atoms with Crippen molar-refractivity contribution in [3.8, 4) is 11.5 Å². The Hall–Kier alpha value is -2.48. The summed E-state index contributed by atoms with van der Waals surface area (Å²) in [5, 5.41) is 20.0. The summed E-state index contributed by atoms with van der Waals surface area (Å²) < 4.78 is 0. The molecule has 0 atom stereocenters. The van der Waals surface area contributed by atoms with Crippen LogP contribution >= 0.6 is 0 Å². The third-order valence-electron chi connectivity index (χ3n) is 5.46. The van der Waals surface area contributed by atoms with Crippen LogP contribution in [0.2, 0.25) is 0 Å². The number of rotatable bonds is 4. The molecule has 2 heteroatoms. The lowest BCUT2D eigenvalue weighted by Crippen LogP contribution is -2.25. The van der Waals surface area contributed by atoms with Crippen LogP contribution in [0.4, 0.5) is 0 Å². The fraction of sp³-hybridized carbons (Fsp3) is 0.385. The highest BCUT2D eigenvalue weighted by molar-refractivity contribution is 5.78. The fourth-order valence-electron chi connectivity index (χ4n) is 4.49. The Balaban J connectivity index is 1.90. The lowest BCUT2D eigenvalue weighted by Gasteiger charge is -2.33. The largest absolute Gasteiger partial charge is 0.508 e. The van der Waals surface area contributed by atoms with Crippen molar-refractivity contribution in [2.45, 2.75) is 59.3 Å². The van der Waals surface area contributed by atoms with Crippen LogP contribution in [-0.4, -0.2) is 10.2 Å². The summed E-state index contributed by atoms with van der Waals surface area (Å²) in [6, 6.07) is 13.4. The van der Waals surface area contributed by atoms with Crippen molar-refractivity contribution < 1.29 is 10.2 Å². The first-order valence-electron chi connectivity index (χ1n) is 10.1. The molecule has 1 aliphatic carbocycles. The molecular weight excluding hydrogens is 344 g/mol. The summed E-state index contributed by atoms with van der Waals surface area (Å²) >= 11 is 0. The number of phenolic OH excluding ortho intramolecular Hbond substituents is 2. The molecule has 0 saturated carbocycles. The monoisotopic (exact) mass is 376 g/mol. The smallest absolute Gasteiger partial charge is 0.119 e. The maximum atomic E-state index is 10.5. The molecule has 0 spiro atoms. The Morgan fingerprint density at radius 3 is 1.82 bits per heavy atom. The van der Waals surface area contributed by atoms with Gasteiger partial charge < -0.3 is 10.2 Å². The van der Waals surface area contributed by atoms with E-state index in [0.29, 0.717) is 11.5 Å². The van der Waals surface area contributed by atoms with Gasteiger partial charge in [-0.15, -0.1) is 0 Å². The molecule has 0 saturated heterocycles. The van der Waals surface area contributed by atoms with Crippen molar-refractivity contribution in [3.05, 3.63) is 71.3 Å². The highest BCUT2D eigenvalue weighted by atomic mass is 16.3. The first-order chi connectivity index (χ1) is 13.0. The predicted molar refractivity (Wildman–Crippen MR) is 118 cm³/mol. The van der Waals surface area contributed by atoms with E-state index in [1.165, 1.54) is 16.7 Å². The molecule has 0 aliphatic heterocycles. The van der Waals surface area contributed by atoms with Gasteiger partial charge in [0.2, 0.25) is 0 Å². The number of phenols is 2.